The molecule has 1 atom stereocenters. The van der Waals surface area contributed by atoms with Crippen LogP contribution < -0.4 is 16.4 Å². The van der Waals surface area contributed by atoms with Crippen LogP contribution in [0.4, 0.5) is 0 Å². The van der Waals surface area contributed by atoms with Crippen molar-refractivity contribution in [2.24, 2.45) is 11.7 Å². The Morgan fingerprint density at radius 1 is 1.19 bits per heavy atom. The van der Waals surface area contributed by atoms with Gasteiger partial charge in [-0.05, 0) is 30.4 Å². The van der Waals surface area contributed by atoms with Crippen LogP contribution in [0.2, 0.25) is 0 Å². The zero-order chi connectivity index (χ0) is 15.8. The predicted octanol–water partition coefficient (Wildman–Crippen LogP) is 1.27. The average Bonchev–Trinajstić information content (AvgIpc) is 2.44. The summed E-state index contributed by atoms with van der Waals surface area (Å²) < 4.78 is 0. The summed E-state index contributed by atoms with van der Waals surface area (Å²) in [5.41, 5.74) is 7.46. The van der Waals surface area contributed by atoms with Crippen LogP contribution in [0, 0.1) is 12.8 Å². The normalized spacial score (nSPS) is 12.0. The molecule has 116 valence electrons. The fourth-order valence-electron chi connectivity index (χ4n) is 2.21. The van der Waals surface area contributed by atoms with Gasteiger partial charge in [0.2, 0.25) is 11.8 Å². The number of nitrogens with two attached hydrogens (primary N) is 1. The summed E-state index contributed by atoms with van der Waals surface area (Å²) in [6.45, 7) is 6.11. The molecule has 0 spiro atoms. The van der Waals surface area contributed by atoms with Gasteiger partial charge in [0.1, 0.15) is 0 Å². The Hall–Kier alpha value is -1.88. The molecule has 5 nitrogen and oxygen atoms in total. The number of nitrogens with one attached hydrogen (secondary N) is 2. The molecule has 2 amide bonds. The molecule has 0 aliphatic heterocycles. The van der Waals surface area contributed by atoms with Gasteiger partial charge in [-0.3, -0.25) is 9.59 Å². The lowest BCUT2D eigenvalue weighted by Crippen LogP contribution is -2.41. The Morgan fingerprint density at radius 2 is 1.86 bits per heavy atom. The van der Waals surface area contributed by atoms with E-state index in [1.807, 2.05) is 31.2 Å². The predicted molar refractivity (Wildman–Crippen MR) is 83.6 cm³/mol. The third kappa shape index (κ3) is 5.95. The molecule has 0 bridgehead atoms. The lowest BCUT2D eigenvalue weighted by molar-refractivity contribution is -0.125. The minimum Gasteiger partial charge on any atom is -0.348 e. The van der Waals surface area contributed by atoms with Crippen LogP contribution in [0.5, 0.6) is 0 Å². The van der Waals surface area contributed by atoms with Crippen LogP contribution in [0.1, 0.15) is 37.4 Å². The van der Waals surface area contributed by atoms with E-state index in [1.54, 1.807) is 0 Å². The fourth-order valence-corrected chi connectivity index (χ4v) is 2.21. The van der Waals surface area contributed by atoms with E-state index in [2.05, 4.69) is 24.5 Å². The molecule has 0 aromatic heterocycles. The fraction of sp³-hybridized carbons (Fsp3) is 0.500. The highest BCUT2D eigenvalue weighted by Gasteiger charge is 2.17. The van der Waals surface area contributed by atoms with Crippen LogP contribution in [0.3, 0.4) is 0 Å². The molecule has 0 radical (unpaired) electrons. The van der Waals surface area contributed by atoms with E-state index in [4.69, 9.17) is 5.73 Å². The highest BCUT2D eigenvalue weighted by molar-refractivity contribution is 5.85. The van der Waals surface area contributed by atoms with E-state index in [0.717, 1.165) is 17.5 Å². The third-order valence-corrected chi connectivity index (χ3v) is 3.24. The Balaban J connectivity index is 2.73. The summed E-state index contributed by atoms with van der Waals surface area (Å²) in [4.78, 5) is 23.1. The van der Waals surface area contributed by atoms with Gasteiger partial charge >= 0.3 is 0 Å². The molecule has 4 N–H and O–H groups in total. The number of hydrogen-bond donors (Lipinski definition) is 3. The second kappa shape index (κ2) is 8.42. The van der Waals surface area contributed by atoms with Crippen LogP contribution >= 0.6 is 0 Å². The van der Waals surface area contributed by atoms with Gasteiger partial charge in [-0.2, -0.15) is 0 Å². The second-order valence-corrected chi connectivity index (χ2v) is 5.59. The third-order valence-electron chi connectivity index (χ3n) is 3.24. The Morgan fingerprint density at radius 3 is 2.43 bits per heavy atom. The molecule has 21 heavy (non-hydrogen) atoms. The quantitative estimate of drug-likeness (QED) is 0.707. The molecular weight excluding hydrogens is 266 g/mol. The van der Waals surface area contributed by atoms with E-state index >= 15 is 0 Å². The second-order valence-electron chi connectivity index (χ2n) is 5.59. The number of hydrogen-bond acceptors (Lipinski definition) is 3. The highest BCUT2D eigenvalue weighted by Crippen LogP contribution is 2.23. The van der Waals surface area contributed by atoms with E-state index in [-0.39, 0.29) is 30.9 Å². The Labute approximate surface area is 126 Å². The maximum Gasteiger partial charge on any atom is 0.239 e. The molecule has 5 heteroatoms. The smallest absolute Gasteiger partial charge is 0.239 e. The van der Waals surface area contributed by atoms with Gasteiger partial charge in [0.25, 0.3) is 0 Å². The largest absolute Gasteiger partial charge is 0.348 e. The summed E-state index contributed by atoms with van der Waals surface area (Å²) in [6, 6.07) is 7.96. The van der Waals surface area contributed by atoms with Gasteiger partial charge in [-0.1, -0.05) is 38.1 Å². The van der Waals surface area contributed by atoms with Crippen molar-refractivity contribution in [2.75, 3.05) is 13.1 Å². The first-order chi connectivity index (χ1) is 9.93. The van der Waals surface area contributed by atoms with Crippen molar-refractivity contribution in [3.8, 4) is 0 Å². The van der Waals surface area contributed by atoms with Crippen LogP contribution in [-0.4, -0.2) is 24.9 Å². The molecule has 0 aliphatic carbocycles. The summed E-state index contributed by atoms with van der Waals surface area (Å²) >= 11 is 0. The summed E-state index contributed by atoms with van der Waals surface area (Å²) in [5.74, 6) is -0.0827. The maximum absolute atomic E-state index is 12.0. The average molecular weight is 291 g/mol. The van der Waals surface area contributed by atoms with Gasteiger partial charge in [0.05, 0.1) is 19.1 Å². The lowest BCUT2D eigenvalue weighted by Gasteiger charge is -2.23. The topological polar surface area (TPSA) is 84.2 Å². The van der Waals surface area contributed by atoms with Crippen molar-refractivity contribution < 1.29 is 9.59 Å². The minimum absolute atomic E-state index is 0.0451. The first kappa shape index (κ1) is 17.2. The van der Waals surface area contributed by atoms with Gasteiger partial charge in [0, 0.05) is 0 Å². The number of carbonyl (C=O) groups excluding carboxylic acids is 2. The van der Waals surface area contributed by atoms with Crippen LogP contribution in [0.25, 0.3) is 0 Å². The minimum atomic E-state index is -0.332. The molecule has 1 aromatic rings. The standard InChI is InChI=1S/C16H25N3O2/c1-11(2)8-14(13-7-5-4-6-12(13)3)19-16(21)10-18-15(20)9-17/h4-7,11,14H,8-10,17H2,1-3H3,(H,18,20)(H,19,21). The zero-order valence-corrected chi connectivity index (χ0v) is 13.0. The number of aryl methyl sites for hydroxylation is 1. The van der Waals surface area contributed by atoms with E-state index in [1.165, 1.54) is 0 Å². The van der Waals surface area contributed by atoms with Crippen molar-refractivity contribution in [1.82, 2.24) is 10.6 Å². The van der Waals surface area contributed by atoms with Crippen molar-refractivity contribution in [1.29, 1.82) is 0 Å². The van der Waals surface area contributed by atoms with Crippen molar-refractivity contribution in [2.45, 2.75) is 33.2 Å². The number of rotatable bonds is 7. The molecule has 0 saturated carbocycles. The first-order valence-electron chi connectivity index (χ1n) is 7.25. The van der Waals surface area contributed by atoms with Crippen molar-refractivity contribution >= 4 is 11.8 Å². The number of amides is 2. The summed E-state index contributed by atoms with van der Waals surface area (Å²) in [5, 5.41) is 5.47. The molecule has 0 fully saturated rings. The van der Waals surface area contributed by atoms with Gasteiger partial charge in [0.15, 0.2) is 0 Å². The molecule has 0 saturated heterocycles. The number of benzene rings is 1. The van der Waals surface area contributed by atoms with Crippen molar-refractivity contribution in [3.05, 3.63) is 35.4 Å². The number of carbonyl (C=O) groups is 2. The first-order valence-corrected chi connectivity index (χ1v) is 7.25. The molecule has 0 heterocycles. The summed E-state index contributed by atoms with van der Waals surface area (Å²) in [7, 11) is 0. The molecule has 1 aromatic carbocycles. The summed E-state index contributed by atoms with van der Waals surface area (Å²) in [6.07, 6.45) is 0.849. The molecule has 0 aliphatic rings. The Kier molecular flexibility index (Phi) is 6.88. The van der Waals surface area contributed by atoms with E-state index in [9.17, 15) is 9.59 Å². The van der Waals surface area contributed by atoms with E-state index < -0.39 is 0 Å². The van der Waals surface area contributed by atoms with Gasteiger partial charge in [-0.25, -0.2) is 0 Å². The van der Waals surface area contributed by atoms with Gasteiger partial charge < -0.3 is 16.4 Å². The zero-order valence-electron chi connectivity index (χ0n) is 13.0. The highest BCUT2D eigenvalue weighted by atomic mass is 16.2. The maximum atomic E-state index is 12.0. The van der Waals surface area contributed by atoms with Gasteiger partial charge in [-0.15, -0.1) is 0 Å². The van der Waals surface area contributed by atoms with Crippen LogP contribution in [0.15, 0.2) is 24.3 Å². The molecule has 1 unspecified atom stereocenters. The van der Waals surface area contributed by atoms with E-state index in [0.29, 0.717) is 5.92 Å². The molecular formula is C16H25N3O2. The Bertz CT molecular complexity index is 486. The van der Waals surface area contributed by atoms with Crippen LogP contribution in [-0.2, 0) is 9.59 Å². The molecule has 1 rings (SSSR count). The SMILES string of the molecule is Cc1ccccc1C(CC(C)C)NC(=O)CNC(=O)CN. The van der Waals surface area contributed by atoms with Crippen molar-refractivity contribution in [3.63, 3.8) is 0 Å². The lowest BCUT2D eigenvalue weighted by atomic mass is 9.94. The monoisotopic (exact) mass is 291 g/mol.